The van der Waals surface area contributed by atoms with Crippen LogP contribution in [-0.2, 0) is 0 Å². The number of hydrogen-bond acceptors (Lipinski definition) is 4. The molecule has 0 unspecified atom stereocenters. The van der Waals surface area contributed by atoms with Crippen LogP contribution in [0.15, 0.2) is 35.1 Å². The normalized spacial score (nSPS) is 14.2. The quantitative estimate of drug-likeness (QED) is 0.755. The Morgan fingerprint density at radius 2 is 1.73 bits per heavy atom. The molecular formula is C17H25N3O2. The fourth-order valence-corrected chi connectivity index (χ4v) is 2.16. The number of pyridine rings is 1. The Kier molecular flexibility index (Phi) is 6.93. The zero-order valence-corrected chi connectivity index (χ0v) is 13.2. The summed E-state index contributed by atoms with van der Waals surface area (Å²) in [5.74, 6) is 0.808. The van der Waals surface area contributed by atoms with Crippen molar-refractivity contribution in [3.63, 3.8) is 0 Å². The van der Waals surface area contributed by atoms with E-state index >= 15 is 0 Å². The number of hydrogen-bond donors (Lipinski definition) is 3. The number of benzene rings is 1. The monoisotopic (exact) mass is 303 g/mol. The number of rotatable bonds is 4. The van der Waals surface area contributed by atoms with Crippen molar-refractivity contribution in [2.24, 2.45) is 0 Å². The van der Waals surface area contributed by atoms with Gasteiger partial charge in [-0.2, -0.15) is 0 Å². The average Bonchev–Trinajstić information content (AvgIpc) is 2.57. The molecule has 0 aliphatic carbocycles. The van der Waals surface area contributed by atoms with Crippen molar-refractivity contribution in [2.45, 2.75) is 19.8 Å². The molecule has 0 spiro atoms. The third kappa shape index (κ3) is 5.50. The zero-order chi connectivity index (χ0) is 15.6. The summed E-state index contributed by atoms with van der Waals surface area (Å²) >= 11 is 0. The number of piperazine rings is 1. The van der Waals surface area contributed by atoms with Crippen LogP contribution in [0.5, 0.6) is 5.75 Å². The predicted octanol–water partition coefficient (Wildman–Crippen LogP) is 1.89. The summed E-state index contributed by atoms with van der Waals surface area (Å²) in [7, 11) is 0. The zero-order valence-electron chi connectivity index (χ0n) is 13.2. The predicted molar refractivity (Wildman–Crippen MR) is 90.7 cm³/mol. The van der Waals surface area contributed by atoms with Crippen LogP contribution in [-0.4, -0.2) is 37.8 Å². The lowest BCUT2D eigenvalue weighted by atomic mass is 10.2. The van der Waals surface area contributed by atoms with Crippen molar-refractivity contribution in [2.75, 3.05) is 32.8 Å². The molecule has 3 rings (SSSR count). The molecular weight excluding hydrogens is 278 g/mol. The fraction of sp³-hybridized carbons (Fsp3) is 0.471. The van der Waals surface area contributed by atoms with Crippen LogP contribution in [0.4, 0.5) is 0 Å². The maximum atomic E-state index is 11.2. The van der Waals surface area contributed by atoms with E-state index in [1.54, 1.807) is 0 Å². The molecule has 3 N–H and O–H groups in total. The van der Waals surface area contributed by atoms with Gasteiger partial charge in [-0.25, -0.2) is 0 Å². The smallest absolute Gasteiger partial charge is 0.248 e. The molecule has 2 heterocycles. The van der Waals surface area contributed by atoms with Crippen molar-refractivity contribution < 1.29 is 4.74 Å². The number of fused-ring (bicyclic) bond motifs is 1. The first-order chi connectivity index (χ1) is 10.8. The minimum absolute atomic E-state index is 0.0850. The van der Waals surface area contributed by atoms with E-state index in [4.69, 9.17) is 4.74 Å². The molecule has 0 radical (unpaired) electrons. The highest BCUT2D eigenvalue weighted by Gasteiger charge is 1.98. The van der Waals surface area contributed by atoms with Gasteiger partial charge in [-0.15, -0.1) is 0 Å². The highest BCUT2D eigenvalue weighted by atomic mass is 16.5. The first-order valence-corrected chi connectivity index (χ1v) is 7.97. The maximum Gasteiger partial charge on any atom is 0.248 e. The summed E-state index contributed by atoms with van der Waals surface area (Å²) in [5.41, 5.74) is 0.736. The van der Waals surface area contributed by atoms with E-state index in [2.05, 4.69) is 22.5 Å². The van der Waals surface area contributed by atoms with E-state index in [1.807, 2.05) is 24.3 Å². The Labute approximate surface area is 131 Å². The Bertz CT molecular complexity index is 609. The van der Waals surface area contributed by atoms with Crippen LogP contribution >= 0.6 is 0 Å². The van der Waals surface area contributed by atoms with Crippen molar-refractivity contribution in [3.8, 4) is 5.75 Å². The second kappa shape index (κ2) is 9.23. The second-order valence-corrected chi connectivity index (χ2v) is 5.27. The Morgan fingerprint density at radius 3 is 2.36 bits per heavy atom. The van der Waals surface area contributed by atoms with E-state index in [-0.39, 0.29) is 5.56 Å². The molecule has 0 bridgehead atoms. The third-order valence-electron chi connectivity index (χ3n) is 3.42. The average molecular weight is 303 g/mol. The first-order valence-electron chi connectivity index (χ1n) is 7.97. The summed E-state index contributed by atoms with van der Waals surface area (Å²) in [6, 6.07) is 9.08. The molecule has 0 amide bonds. The van der Waals surface area contributed by atoms with Gasteiger partial charge < -0.3 is 20.4 Å². The van der Waals surface area contributed by atoms with Crippen LogP contribution < -0.4 is 20.9 Å². The molecule has 22 heavy (non-hydrogen) atoms. The standard InChI is InChI=1S/C13H15NO2.C4H10N2/c1-2-3-8-16-11-6-4-10-5-7-13(15)14-12(10)9-11;1-2-6-4-3-5-1/h4-7,9H,2-3,8H2,1H3,(H,14,15);5-6H,1-4H2. The highest BCUT2D eigenvalue weighted by Crippen LogP contribution is 2.18. The SMILES string of the molecule is C1CNCCN1.CCCCOc1ccc2ccc(=O)[nH]c2c1. The number of aromatic amines is 1. The number of H-pyrrole nitrogens is 1. The molecule has 1 saturated heterocycles. The number of ether oxygens (including phenoxy) is 1. The van der Waals surface area contributed by atoms with Gasteiger partial charge in [0.1, 0.15) is 5.75 Å². The van der Waals surface area contributed by atoms with Crippen LogP contribution in [0, 0.1) is 0 Å². The molecule has 5 nitrogen and oxygen atoms in total. The largest absolute Gasteiger partial charge is 0.494 e. The molecule has 1 fully saturated rings. The summed E-state index contributed by atoms with van der Waals surface area (Å²) in [5, 5.41) is 7.46. The lowest BCUT2D eigenvalue weighted by molar-refractivity contribution is 0.310. The number of aromatic nitrogens is 1. The molecule has 1 aromatic carbocycles. The fourth-order valence-electron chi connectivity index (χ4n) is 2.16. The van der Waals surface area contributed by atoms with Gasteiger partial charge >= 0.3 is 0 Å². The maximum absolute atomic E-state index is 11.2. The number of nitrogens with one attached hydrogen (secondary N) is 3. The van der Waals surface area contributed by atoms with Gasteiger partial charge in [-0.1, -0.05) is 13.3 Å². The van der Waals surface area contributed by atoms with E-state index < -0.39 is 0 Å². The molecule has 0 atom stereocenters. The Balaban J connectivity index is 0.000000246. The van der Waals surface area contributed by atoms with Gasteiger partial charge in [0.15, 0.2) is 0 Å². The van der Waals surface area contributed by atoms with Crippen LogP contribution in [0.3, 0.4) is 0 Å². The van der Waals surface area contributed by atoms with E-state index in [1.165, 1.54) is 6.07 Å². The van der Waals surface area contributed by atoms with E-state index in [0.717, 1.165) is 62.3 Å². The summed E-state index contributed by atoms with van der Waals surface area (Å²) in [6.07, 6.45) is 2.16. The third-order valence-corrected chi connectivity index (χ3v) is 3.42. The van der Waals surface area contributed by atoms with Crippen molar-refractivity contribution in [1.82, 2.24) is 15.6 Å². The van der Waals surface area contributed by atoms with Crippen molar-refractivity contribution in [1.29, 1.82) is 0 Å². The molecule has 2 aromatic rings. The van der Waals surface area contributed by atoms with Gasteiger partial charge in [0.05, 0.1) is 12.1 Å². The summed E-state index contributed by atoms with van der Waals surface area (Å²) < 4.78 is 5.57. The van der Waals surface area contributed by atoms with Crippen molar-refractivity contribution in [3.05, 3.63) is 40.7 Å². The van der Waals surface area contributed by atoms with Crippen molar-refractivity contribution >= 4 is 10.9 Å². The second-order valence-electron chi connectivity index (χ2n) is 5.27. The Hall–Kier alpha value is -1.85. The minimum atomic E-state index is -0.0850. The topological polar surface area (TPSA) is 66.2 Å². The lowest BCUT2D eigenvalue weighted by Crippen LogP contribution is -2.39. The summed E-state index contributed by atoms with van der Waals surface area (Å²) in [6.45, 7) is 7.40. The molecule has 120 valence electrons. The van der Waals surface area contributed by atoms with Gasteiger partial charge in [0.25, 0.3) is 0 Å². The minimum Gasteiger partial charge on any atom is -0.494 e. The van der Waals surface area contributed by atoms with Gasteiger partial charge in [-0.05, 0) is 30.0 Å². The Morgan fingerprint density at radius 1 is 1.05 bits per heavy atom. The van der Waals surface area contributed by atoms with Crippen LogP contribution in [0.25, 0.3) is 10.9 Å². The first kappa shape index (κ1) is 16.5. The highest BCUT2D eigenvalue weighted by molar-refractivity contribution is 5.79. The van der Waals surface area contributed by atoms with Gasteiger partial charge in [0, 0.05) is 38.3 Å². The molecule has 1 aromatic heterocycles. The molecule has 1 aliphatic rings. The molecule has 0 saturated carbocycles. The van der Waals surface area contributed by atoms with E-state index in [9.17, 15) is 4.79 Å². The number of unbranched alkanes of at least 4 members (excludes halogenated alkanes) is 1. The van der Waals surface area contributed by atoms with Gasteiger partial charge in [0.2, 0.25) is 5.56 Å². The van der Waals surface area contributed by atoms with E-state index in [0.29, 0.717) is 0 Å². The molecule has 5 heteroatoms. The summed E-state index contributed by atoms with van der Waals surface area (Å²) in [4.78, 5) is 13.9. The lowest BCUT2D eigenvalue weighted by Gasteiger charge is -2.11. The molecule has 1 aliphatic heterocycles. The van der Waals surface area contributed by atoms with Gasteiger partial charge in [-0.3, -0.25) is 4.79 Å². The van der Waals surface area contributed by atoms with Crippen LogP contribution in [0.2, 0.25) is 0 Å². The van der Waals surface area contributed by atoms with Crippen LogP contribution in [0.1, 0.15) is 19.8 Å².